The van der Waals surface area contributed by atoms with Crippen LogP contribution in [0.15, 0.2) is 24.3 Å². The zero-order valence-electron chi connectivity index (χ0n) is 12.7. The number of rotatable bonds is 7. The van der Waals surface area contributed by atoms with Crippen LogP contribution in [0.3, 0.4) is 0 Å². The van der Waals surface area contributed by atoms with Crippen molar-refractivity contribution in [2.45, 2.75) is 25.9 Å². The van der Waals surface area contributed by atoms with Crippen LogP contribution in [-0.4, -0.2) is 43.7 Å². The lowest BCUT2D eigenvalue weighted by atomic mass is 10.1. The summed E-state index contributed by atoms with van der Waals surface area (Å²) in [6.07, 6.45) is 0. The lowest BCUT2D eigenvalue weighted by molar-refractivity contribution is -0.142. The molecular weight excluding hydrogens is 256 g/mol. The van der Waals surface area contributed by atoms with E-state index in [0.717, 1.165) is 13.1 Å². The largest absolute Gasteiger partial charge is 0.482 e. The minimum Gasteiger partial charge on any atom is -0.482 e. The molecule has 0 unspecified atom stereocenters. The molecular formula is C15H24N2O3. The first-order chi connectivity index (χ1) is 9.30. The second kappa shape index (κ2) is 7.26. The molecule has 5 heteroatoms. The Morgan fingerprint density at radius 2 is 1.90 bits per heavy atom. The number of carbonyl (C=O) groups is 1. The summed E-state index contributed by atoms with van der Waals surface area (Å²) in [5.74, 6) is 0.264. The molecule has 0 spiro atoms. The van der Waals surface area contributed by atoms with Crippen molar-refractivity contribution in [2.75, 3.05) is 27.3 Å². The number of benzene rings is 1. The number of methoxy groups -OCH3 is 1. The lowest BCUT2D eigenvalue weighted by Crippen LogP contribution is -2.43. The summed E-state index contributed by atoms with van der Waals surface area (Å²) in [5.41, 5.74) is 6.95. The van der Waals surface area contributed by atoms with E-state index < -0.39 is 0 Å². The van der Waals surface area contributed by atoms with Crippen molar-refractivity contribution in [3.8, 4) is 5.75 Å². The molecule has 0 saturated carbocycles. The normalized spacial score (nSPS) is 11.5. The molecule has 0 radical (unpaired) electrons. The molecule has 1 rings (SSSR count). The molecule has 0 atom stereocenters. The average Bonchev–Trinajstić information content (AvgIpc) is 2.35. The molecule has 0 heterocycles. The summed E-state index contributed by atoms with van der Waals surface area (Å²) in [6.45, 7) is 5.57. The van der Waals surface area contributed by atoms with Gasteiger partial charge in [0.05, 0.1) is 7.11 Å². The molecule has 5 nitrogen and oxygen atoms in total. The average molecular weight is 280 g/mol. The molecule has 1 aromatic carbocycles. The Morgan fingerprint density at radius 3 is 2.40 bits per heavy atom. The maximum absolute atomic E-state index is 11.0. The first-order valence-electron chi connectivity index (χ1n) is 6.56. The number of likely N-dealkylation sites (N-methyl/N-ethyl adjacent to an activating group) is 1. The Hall–Kier alpha value is -1.59. The standard InChI is InChI=1S/C15H24N2O3/c1-15(2,16)11-17(3)9-12-5-7-13(8-6-12)20-10-14(18)19-4/h5-8H,9-11,16H2,1-4H3. The molecule has 0 aliphatic carbocycles. The summed E-state index contributed by atoms with van der Waals surface area (Å²) in [5, 5.41) is 0. The van der Waals surface area contributed by atoms with Gasteiger partial charge < -0.3 is 20.1 Å². The van der Waals surface area contributed by atoms with Crippen molar-refractivity contribution in [3.05, 3.63) is 29.8 Å². The van der Waals surface area contributed by atoms with Crippen LogP contribution in [0.5, 0.6) is 5.75 Å². The number of hydrogen-bond donors (Lipinski definition) is 1. The third-order valence-electron chi connectivity index (χ3n) is 2.64. The van der Waals surface area contributed by atoms with Crippen LogP contribution in [-0.2, 0) is 16.1 Å². The van der Waals surface area contributed by atoms with Crippen molar-refractivity contribution >= 4 is 5.97 Å². The summed E-state index contributed by atoms with van der Waals surface area (Å²) in [6, 6.07) is 7.65. The molecule has 1 aromatic rings. The van der Waals surface area contributed by atoms with Gasteiger partial charge in [0.1, 0.15) is 5.75 Å². The topological polar surface area (TPSA) is 64.8 Å². The maximum Gasteiger partial charge on any atom is 0.343 e. The number of esters is 1. The highest BCUT2D eigenvalue weighted by Crippen LogP contribution is 2.14. The second-order valence-electron chi connectivity index (χ2n) is 5.67. The monoisotopic (exact) mass is 280 g/mol. The van der Waals surface area contributed by atoms with Gasteiger partial charge in [0.25, 0.3) is 0 Å². The second-order valence-corrected chi connectivity index (χ2v) is 5.67. The van der Waals surface area contributed by atoms with Gasteiger partial charge in [0, 0.05) is 18.6 Å². The van der Waals surface area contributed by atoms with Crippen molar-refractivity contribution in [1.29, 1.82) is 0 Å². The highest BCUT2D eigenvalue weighted by molar-refractivity contribution is 5.70. The predicted octanol–water partition coefficient (Wildman–Crippen LogP) is 1.41. The van der Waals surface area contributed by atoms with E-state index in [1.54, 1.807) is 0 Å². The van der Waals surface area contributed by atoms with E-state index in [4.69, 9.17) is 10.5 Å². The van der Waals surface area contributed by atoms with Gasteiger partial charge in [-0.3, -0.25) is 0 Å². The van der Waals surface area contributed by atoms with Crippen LogP contribution >= 0.6 is 0 Å². The minimum absolute atomic E-state index is 0.0723. The molecule has 0 amide bonds. The van der Waals surface area contributed by atoms with E-state index in [-0.39, 0.29) is 18.1 Å². The SMILES string of the molecule is COC(=O)COc1ccc(CN(C)CC(C)(C)N)cc1. The Balaban J connectivity index is 2.48. The van der Waals surface area contributed by atoms with Crippen molar-refractivity contribution in [3.63, 3.8) is 0 Å². The molecule has 0 aliphatic rings. The van der Waals surface area contributed by atoms with Crippen LogP contribution in [0, 0.1) is 0 Å². The Morgan fingerprint density at radius 1 is 1.30 bits per heavy atom. The number of hydrogen-bond acceptors (Lipinski definition) is 5. The molecule has 20 heavy (non-hydrogen) atoms. The Labute approximate surface area is 120 Å². The fourth-order valence-corrected chi connectivity index (χ4v) is 1.96. The van der Waals surface area contributed by atoms with E-state index in [9.17, 15) is 4.79 Å². The minimum atomic E-state index is -0.390. The molecule has 0 aromatic heterocycles. The van der Waals surface area contributed by atoms with Crippen molar-refractivity contribution in [2.24, 2.45) is 5.73 Å². The number of carbonyl (C=O) groups excluding carboxylic acids is 1. The molecule has 0 bridgehead atoms. The fourth-order valence-electron chi connectivity index (χ4n) is 1.96. The third-order valence-corrected chi connectivity index (χ3v) is 2.64. The summed E-state index contributed by atoms with van der Waals surface area (Å²) in [7, 11) is 3.37. The predicted molar refractivity (Wildman–Crippen MR) is 78.6 cm³/mol. The fraction of sp³-hybridized carbons (Fsp3) is 0.533. The highest BCUT2D eigenvalue weighted by Gasteiger charge is 2.13. The van der Waals surface area contributed by atoms with Gasteiger partial charge in [-0.15, -0.1) is 0 Å². The number of ether oxygens (including phenoxy) is 2. The van der Waals surface area contributed by atoms with Gasteiger partial charge >= 0.3 is 5.97 Å². The van der Waals surface area contributed by atoms with E-state index >= 15 is 0 Å². The van der Waals surface area contributed by atoms with E-state index in [1.165, 1.54) is 12.7 Å². The Bertz CT molecular complexity index is 424. The van der Waals surface area contributed by atoms with Crippen molar-refractivity contribution < 1.29 is 14.3 Å². The van der Waals surface area contributed by atoms with Crippen LogP contribution < -0.4 is 10.5 Å². The van der Waals surface area contributed by atoms with Crippen LogP contribution in [0.1, 0.15) is 19.4 Å². The third kappa shape index (κ3) is 6.54. The first kappa shape index (κ1) is 16.5. The van der Waals surface area contributed by atoms with E-state index in [1.807, 2.05) is 45.2 Å². The Kier molecular flexibility index (Phi) is 5.98. The summed E-state index contributed by atoms with van der Waals surface area (Å²) in [4.78, 5) is 13.1. The van der Waals surface area contributed by atoms with Gasteiger partial charge in [0.15, 0.2) is 6.61 Å². The quantitative estimate of drug-likeness (QED) is 0.765. The number of nitrogens with two attached hydrogens (primary N) is 1. The molecule has 112 valence electrons. The smallest absolute Gasteiger partial charge is 0.343 e. The summed E-state index contributed by atoms with van der Waals surface area (Å²) >= 11 is 0. The molecule has 0 aliphatic heterocycles. The van der Waals surface area contributed by atoms with Gasteiger partial charge in [-0.25, -0.2) is 4.79 Å². The number of nitrogens with zero attached hydrogens (tertiary/aromatic N) is 1. The summed E-state index contributed by atoms with van der Waals surface area (Å²) < 4.78 is 9.80. The van der Waals surface area contributed by atoms with E-state index in [0.29, 0.717) is 5.75 Å². The van der Waals surface area contributed by atoms with Crippen LogP contribution in [0.25, 0.3) is 0 Å². The molecule has 0 saturated heterocycles. The van der Waals surface area contributed by atoms with Gasteiger partial charge in [-0.2, -0.15) is 0 Å². The van der Waals surface area contributed by atoms with Gasteiger partial charge in [0.2, 0.25) is 0 Å². The molecule has 0 fully saturated rings. The van der Waals surface area contributed by atoms with Crippen LogP contribution in [0.4, 0.5) is 0 Å². The van der Waals surface area contributed by atoms with Crippen LogP contribution in [0.2, 0.25) is 0 Å². The van der Waals surface area contributed by atoms with Gasteiger partial charge in [-0.1, -0.05) is 12.1 Å². The first-order valence-corrected chi connectivity index (χ1v) is 6.56. The highest BCUT2D eigenvalue weighted by atomic mass is 16.6. The van der Waals surface area contributed by atoms with Crippen molar-refractivity contribution in [1.82, 2.24) is 4.90 Å². The zero-order chi connectivity index (χ0) is 15.2. The zero-order valence-corrected chi connectivity index (χ0v) is 12.7. The maximum atomic E-state index is 11.0. The van der Waals surface area contributed by atoms with E-state index in [2.05, 4.69) is 9.64 Å². The molecule has 2 N–H and O–H groups in total. The van der Waals surface area contributed by atoms with Gasteiger partial charge in [-0.05, 0) is 38.6 Å². The lowest BCUT2D eigenvalue weighted by Gasteiger charge is -2.26.